The number of hydrogen-bond donors (Lipinski definition) is 0. The van der Waals surface area contributed by atoms with Crippen LogP contribution in [-0.2, 0) is 16.0 Å². The summed E-state index contributed by atoms with van der Waals surface area (Å²) in [5.74, 6) is -4.51. The van der Waals surface area contributed by atoms with Gasteiger partial charge in [-0.3, -0.25) is 4.79 Å². The Morgan fingerprint density at radius 2 is 1.78 bits per heavy atom. The third kappa shape index (κ3) is 4.24. The van der Waals surface area contributed by atoms with Gasteiger partial charge >= 0.3 is 5.97 Å². The maximum Gasteiger partial charge on any atom is 0.379 e. The average Bonchev–Trinajstić information content (AvgIpc) is 2.27. The van der Waals surface area contributed by atoms with Crippen LogP contribution in [0.15, 0.2) is 24.3 Å². The first-order chi connectivity index (χ1) is 8.33. The smallest absolute Gasteiger partial charge is 0.379 e. The summed E-state index contributed by atoms with van der Waals surface area (Å²) in [5, 5.41) is 0. The number of ether oxygens (including phenoxy) is 1. The van der Waals surface area contributed by atoms with Crippen LogP contribution in [0.3, 0.4) is 0 Å². The van der Waals surface area contributed by atoms with Crippen molar-refractivity contribution in [3.8, 4) is 0 Å². The zero-order valence-electron chi connectivity index (χ0n) is 10.2. The van der Waals surface area contributed by atoms with Crippen LogP contribution in [0, 0.1) is 0 Å². The Kier molecular flexibility index (Phi) is 4.53. The molecular formula is C13H14F2O3. The van der Waals surface area contributed by atoms with Crippen LogP contribution < -0.4 is 0 Å². The highest BCUT2D eigenvalue weighted by atomic mass is 19.3. The molecule has 0 radical (unpaired) electrons. The molecule has 0 aliphatic rings. The lowest BCUT2D eigenvalue weighted by atomic mass is 10.0. The highest BCUT2D eigenvalue weighted by molar-refractivity contribution is 6.40. The van der Waals surface area contributed by atoms with Crippen LogP contribution in [0.25, 0.3) is 0 Å². The van der Waals surface area contributed by atoms with Crippen LogP contribution in [0.5, 0.6) is 0 Å². The zero-order chi connectivity index (χ0) is 13.8. The van der Waals surface area contributed by atoms with Gasteiger partial charge in [-0.15, -0.1) is 0 Å². The van der Waals surface area contributed by atoms with Crippen molar-refractivity contribution in [3.63, 3.8) is 0 Å². The lowest BCUT2D eigenvalue weighted by Gasteiger charge is -2.10. The van der Waals surface area contributed by atoms with Gasteiger partial charge < -0.3 is 4.74 Å². The molecule has 3 nitrogen and oxygen atoms in total. The predicted octanol–water partition coefficient (Wildman–Crippen LogP) is 2.63. The van der Waals surface area contributed by atoms with Crippen molar-refractivity contribution in [3.05, 3.63) is 35.4 Å². The summed E-state index contributed by atoms with van der Waals surface area (Å²) in [4.78, 5) is 22.7. The summed E-state index contributed by atoms with van der Waals surface area (Å²) in [7, 11) is 0. The van der Waals surface area contributed by atoms with Crippen LogP contribution in [0.2, 0.25) is 0 Å². The van der Waals surface area contributed by atoms with Crippen molar-refractivity contribution >= 4 is 11.8 Å². The number of halogens is 2. The maximum atomic E-state index is 12.8. The number of ketones is 1. The number of Topliss-reactive ketones (excluding diaryl/α,β-unsaturated/α-hetero) is 1. The Morgan fingerprint density at radius 1 is 1.22 bits per heavy atom. The van der Waals surface area contributed by atoms with E-state index in [4.69, 9.17) is 0 Å². The number of alkyl halides is 2. The average molecular weight is 256 g/mol. The molecular weight excluding hydrogens is 242 g/mol. The predicted molar refractivity (Wildman–Crippen MR) is 61.7 cm³/mol. The molecule has 0 heterocycles. The summed E-state index contributed by atoms with van der Waals surface area (Å²) < 4.78 is 30.1. The van der Waals surface area contributed by atoms with Crippen molar-refractivity contribution in [2.75, 3.05) is 6.61 Å². The number of hydrogen-bond acceptors (Lipinski definition) is 3. The topological polar surface area (TPSA) is 43.4 Å². The molecule has 0 spiro atoms. The van der Waals surface area contributed by atoms with Gasteiger partial charge in [0.1, 0.15) is 0 Å². The van der Waals surface area contributed by atoms with Gasteiger partial charge in [0, 0.05) is 12.0 Å². The minimum absolute atomic E-state index is 0.116. The van der Waals surface area contributed by atoms with Gasteiger partial charge in [-0.1, -0.05) is 24.3 Å². The Balaban J connectivity index is 2.77. The molecule has 0 unspecified atom stereocenters. The molecule has 5 heteroatoms. The first-order valence-corrected chi connectivity index (χ1v) is 5.51. The van der Waals surface area contributed by atoms with E-state index in [1.54, 1.807) is 6.92 Å². The normalized spacial score (nSPS) is 11.1. The summed E-state index contributed by atoms with van der Waals surface area (Å²) >= 11 is 0. The van der Waals surface area contributed by atoms with Crippen molar-refractivity contribution in [1.82, 2.24) is 0 Å². The lowest BCUT2D eigenvalue weighted by molar-refractivity contribution is -0.137. The summed E-state index contributed by atoms with van der Waals surface area (Å²) in [6, 6.07) is 5.51. The molecule has 0 amide bonds. The van der Waals surface area contributed by atoms with Crippen molar-refractivity contribution in [1.29, 1.82) is 0 Å². The van der Waals surface area contributed by atoms with E-state index in [-0.39, 0.29) is 12.2 Å². The van der Waals surface area contributed by atoms with Crippen LogP contribution in [0.4, 0.5) is 8.78 Å². The second-order valence-electron chi connectivity index (χ2n) is 3.99. The molecule has 0 saturated carbocycles. The molecule has 98 valence electrons. The van der Waals surface area contributed by atoms with E-state index in [0.29, 0.717) is 5.56 Å². The van der Waals surface area contributed by atoms with E-state index in [1.807, 2.05) is 0 Å². The van der Waals surface area contributed by atoms with Gasteiger partial charge in [-0.2, -0.15) is 0 Å². The molecule has 18 heavy (non-hydrogen) atoms. The summed E-state index contributed by atoms with van der Waals surface area (Å²) in [6.07, 6.45) is -0.402. The van der Waals surface area contributed by atoms with Gasteiger partial charge in [-0.05, 0) is 19.4 Å². The minimum atomic E-state index is -2.80. The second kappa shape index (κ2) is 5.71. The quantitative estimate of drug-likeness (QED) is 0.462. The fraction of sp³-hybridized carbons (Fsp3) is 0.385. The molecule has 1 aromatic rings. The van der Waals surface area contributed by atoms with Gasteiger partial charge in [0.2, 0.25) is 5.92 Å². The second-order valence-corrected chi connectivity index (χ2v) is 3.99. The molecule has 0 fully saturated rings. The first kappa shape index (κ1) is 14.3. The first-order valence-electron chi connectivity index (χ1n) is 5.51. The molecule has 1 rings (SSSR count). The van der Waals surface area contributed by atoms with Gasteiger partial charge in [-0.25, -0.2) is 13.6 Å². The lowest BCUT2D eigenvalue weighted by Crippen LogP contribution is -2.18. The minimum Gasteiger partial charge on any atom is -0.460 e. The summed E-state index contributed by atoms with van der Waals surface area (Å²) in [5.41, 5.74) is 0.541. The van der Waals surface area contributed by atoms with E-state index in [2.05, 4.69) is 4.74 Å². The van der Waals surface area contributed by atoms with E-state index in [0.717, 1.165) is 6.92 Å². The molecule has 1 aromatic carbocycles. The fourth-order valence-electron chi connectivity index (χ4n) is 1.45. The Labute approximate surface area is 104 Å². The number of carbonyl (C=O) groups is 2. The highest BCUT2D eigenvalue weighted by Gasteiger charge is 2.22. The Bertz CT molecular complexity index is 433. The van der Waals surface area contributed by atoms with Crippen LogP contribution >= 0.6 is 0 Å². The van der Waals surface area contributed by atoms with E-state index >= 15 is 0 Å². The standard InChI is InChI=1S/C13H14F2O3/c1-3-18-12(17)11(16)10-6-4-9(5-7-10)8-13(2,14)15/h4-7H,3,8H2,1-2H3. The zero-order valence-corrected chi connectivity index (χ0v) is 10.2. The number of carbonyl (C=O) groups excluding carboxylic acids is 2. The van der Waals surface area contributed by atoms with E-state index in [1.165, 1.54) is 24.3 Å². The SMILES string of the molecule is CCOC(=O)C(=O)c1ccc(CC(C)(F)F)cc1. The summed E-state index contributed by atoms with van der Waals surface area (Å²) in [6.45, 7) is 2.53. The Morgan fingerprint density at radius 3 is 2.22 bits per heavy atom. The van der Waals surface area contributed by atoms with Crippen LogP contribution in [0.1, 0.15) is 29.8 Å². The maximum absolute atomic E-state index is 12.8. The molecule has 0 aliphatic carbocycles. The van der Waals surface area contributed by atoms with E-state index < -0.39 is 24.1 Å². The number of rotatable bonds is 5. The molecule has 0 atom stereocenters. The molecule has 0 bridgehead atoms. The number of benzene rings is 1. The Hall–Kier alpha value is -1.78. The highest BCUT2D eigenvalue weighted by Crippen LogP contribution is 2.19. The van der Waals surface area contributed by atoms with E-state index in [9.17, 15) is 18.4 Å². The third-order valence-electron chi connectivity index (χ3n) is 2.19. The fourth-order valence-corrected chi connectivity index (χ4v) is 1.45. The number of esters is 1. The van der Waals surface area contributed by atoms with Crippen LogP contribution in [-0.4, -0.2) is 24.3 Å². The monoisotopic (exact) mass is 256 g/mol. The molecule has 0 aromatic heterocycles. The van der Waals surface area contributed by atoms with Crippen molar-refractivity contribution < 1.29 is 23.1 Å². The largest absolute Gasteiger partial charge is 0.460 e. The molecule has 0 N–H and O–H groups in total. The molecule has 0 saturated heterocycles. The third-order valence-corrected chi connectivity index (χ3v) is 2.19. The van der Waals surface area contributed by atoms with Gasteiger partial charge in [0.15, 0.2) is 0 Å². The van der Waals surface area contributed by atoms with Gasteiger partial charge in [0.25, 0.3) is 5.78 Å². The molecule has 0 aliphatic heterocycles. The van der Waals surface area contributed by atoms with Crippen molar-refractivity contribution in [2.24, 2.45) is 0 Å². The van der Waals surface area contributed by atoms with Crippen molar-refractivity contribution in [2.45, 2.75) is 26.2 Å². The van der Waals surface area contributed by atoms with Gasteiger partial charge in [0.05, 0.1) is 6.61 Å².